The molecule has 0 spiro atoms. The van der Waals surface area contributed by atoms with Crippen LogP contribution in [0.4, 0.5) is 0 Å². The van der Waals surface area contributed by atoms with Crippen LogP contribution in [-0.4, -0.2) is 21.6 Å². The lowest BCUT2D eigenvalue weighted by molar-refractivity contribution is 0.310. The highest BCUT2D eigenvalue weighted by Gasteiger charge is 2.27. The Bertz CT molecular complexity index is 574. The van der Waals surface area contributed by atoms with Crippen molar-refractivity contribution in [1.29, 1.82) is 0 Å². The van der Waals surface area contributed by atoms with E-state index in [1.165, 1.54) is 6.42 Å². The van der Waals surface area contributed by atoms with Gasteiger partial charge < -0.3 is 4.74 Å². The Kier molecular flexibility index (Phi) is 5.30. The van der Waals surface area contributed by atoms with E-state index in [0.717, 1.165) is 22.8 Å². The molecule has 0 aliphatic heterocycles. The Hall–Kier alpha value is -0.340. The Balaban J connectivity index is 2.21. The number of hydrogen-bond donors (Lipinski definition) is 1. The maximum atomic E-state index is 12.5. The summed E-state index contributed by atoms with van der Waals surface area (Å²) in [5, 5.41) is 0. The molecular weight excluding hydrogens is 389 g/mol. The SMILES string of the molecule is COc1cc(S(=O)(=O)N[C@H]2CCCC[C@H]2C)ccc1I. The van der Waals surface area contributed by atoms with E-state index in [2.05, 4.69) is 34.2 Å². The van der Waals surface area contributed by atoms with Crippen LogP contribution in [0.2, 0.25) is 0 Å². The van der Waals surface area contributed by atoms with Crippen molar-refractivity contribution in [1.82, 2.24) is 4.72 Å². The molecule has 0 amide bonds. The first-order valence-electron chi connectivity index (χ1n) is 6.80. The van der Waals surface area contributed by atoms with E-state index in [0.29, 0.717) is 11.7 Å². The molecule has 1 N–H and O–H groups in total. The summed E-state index contributed by atoms with van der Waals surface area (Å²) in [6.07, 6.45) is 4.29. The Labute approximate surface area is 134 Å². The Morgan fingerprint density at radius 2 is 2.00 bits per heavy atom. The van der Waals surface area contributed by atoms with E-state index in [1.807, 2.05) is 0 Å². The Morgan fingerprint density at radius 1 is 1.30 bits per heavy atom. The summed E-state index contributed by atoms with van der Waals surface area (Å²) in [5.74, 6) is 0.981. The average molecular weight is 409 g/mol. The zero-order valence-corrected chi connectivity index (χ0v) is 14.7. The van der Waals surface area contributed by atoms with E-state index in [4.69, 9.17) is 4.74 Å². The molecule has 0 radical (unpaired) electrons. The highest BCUT2D eigenvalue weighted by molar-refractivity contribution is 14.1. The molecule has 0 bridgehead atoms. The minimum atomic E-state index is -3.48. The van der Waals surface area contributed by atoms with Gasteiger partial charge >= 0.3 is 0 Å². The average Bonchev–Trinajstić information content (AvgIpc) is 2.41. The molecule has 4 nitrogen and oxygen atoms in total. The van der Waals surface area contributed by atoms with Crippen LogP contribution in [0, 0.1) is 9.49 Å². The van der Waals surface area contributed by atoms with Crippen LogP contribution in [0.3, 0.4) is 0 Å². The van der Waals surface area contributed by atoms with Gasteiger partial charge in [-0.25, -0.2) is 13.1 Å². The zero-order chi connectivity index (χ0) is 14.8. The molecule has 0 unspecified atom stereocenters. The van der Waals surface area contributed by atoms with Gasteiger partial charge in [-0.2, -0.15) is 0 Å². The molecule has 1 aliphatic carbocycles. The van der Waals surface area contributed by atoms with Gasteiger partial charge in [0.2, 0.25) is 10.0 Å². The van der Waals surface area contributed by atoms with Gasteiger partial charge in [-0.05, 0) is 53.5 Å². The number of nitrogens with one attached hydrogen (secondary N) is 1. The Morgan fingerprint density at radius 3 is 2.65 bits per heavy atom. The van der Waals surface area contributed by atoms with Gasteiger partial charge in [0.25, 0.3) is 0 Å². The quantitative estimate of drug-likeness (QED) is 0.778. The lowest BCUT2D eigenvalue weighted by atomic mass is 9.87. The van der Waals surface area contributed by atoms with Crippen LogP contribution >= 0.6 is 22.6 Å². The molecule has 1 aromatic rings. The normalized spacial score (nSPS) is 23.6. The molecule has 2 atom stereocenters. The first-order chi connectivity index (χ1) is 9.44. The van der Waals surface area contributed by atoms with Gasteiger partial charge in [-0.15, -0.1) is 0 Å². The van der Waals surface area contributed by atoms with Gasteiger partial charge in [-0.3, -0.25) is 0 Å². The summed E-state index contributed by atoms with van der Waals surface area (Å²) >= 11 is 2.12. The lowest BCUT2D eigenvalue weighted by Crippen LogP contribution is -2.40. The molecule has 20 heavy (non-hydrogen) atoms. The fraction of sp³-hybridized carbons (Fsp3) is 0.571. The number of hydrogen-bond acceptors (Lipinski definition) is 3. The molecule has 112 valence electrons. The molecule has 0 aromatic heterocycles. The van der Waals surface area contributed by atoms with E-state index < -0.39 is 10.0 Å². The fourth-order valence-electron chi connectivity index (χ4n) is 2.57. The van der Waals surface area contributed by atoms with Crippen molar-refractivity contribution in [3.8, 4) is 5.75 Å². The summed E-state index contributed by atoms with van der Waals surface area (Å²) < 4.78 is 33.8. The zero-order valence-electron chi connectivity index (χ0n) is 11.7. The van der Waals surface area contributed by atoms with Crippen molar-refractivity contribution < 1.29 is 13.2 Å². The van der Waals surface area contributed by atoms with Gasteiger partial charge in [0, 0.05) is 12.1 Å². The van der Waals surface area contributed by atoms with Crippen molar-refractivity contribution in [2.75, 3.05) is 7.11 Å². The minimum absolute atomic E-state index is 0.0408. The fourth-order valence-corrected chi connectivity index (χ4v) is 4.52. The number of methoxy groups -OCH3 is 1. The van der Waals surface area contributed by atoms with Crippen LogP contribution < -0.4 is 9.46 Å². The molecule has 1 saturated carbocycles. The highest BCUT2D eigenvalue weighted by atomic mass is 127. The first-order valence-corrected chi connectivity index (χ1v) is 9.36. The first kappa shape index (κ1) is 16.0. The maximum absolute atomic E-state index is 12.5. The van der Waals surface area contributed by atoms with E-state index in [9.17, 15) is 8.42 Å². The predicted octanol–water partition coefficient (Wildman–Crippen LogP) is 3.16. The summed E-state index contributed by atoms with van der Waals surface area (Å²) in [6, 6.07) is 5.01. The molecule has 1 fully saturated rings. The van der Waals surface area contributed by atoms with E-state index in [1.54, 1.807) is 25.3 Å². The van der Waals surface area contributed by atoms with Crippen molar-refractivity contribution in [3.05, 3.63) is 21.8 Å². The highest BCUT2D eigenvalue weighted by Crippen LogP contribution is 2.27. The third-order valence-electron chi connectivity index (χ3n) is 3.85. The minimum Gasteiger partial charge on any atom is -0.496 e. The van der Waals surface area contributed by atoms with E-state index in [-0.39, 0.29) is 10.9 Å². The lowest BCUT2D eigenvalue weighted by Gasteiger charge is -2.29. The second-order valence-electron chi connectivity index (χ2n) is 5.29. The molecule has 6 heteroatoms. The molecule has 2 rings (SSSR count). The number of ether oxygens (including phenoxy) is 1. The molecule has 1 aliphatic rings. The number of sulfonamides is 1. The molecule has 1 aromatic carbocycles. The van der Waals surface area contributed by atoms with Gasteiger partial charge in [0.1, 0.15) is 5.75 Å². The number of halogens is 1. The van der Waals surface area contributed by atoms with Crippen molar-refractivity contribution >= 4 is 32.6 Å². The van der Waals surface area contributed by atoms with Gasteiger partial charge in [0.15, 0.2) is 0 Å². The molecule has 0 saturated heterocycles. The third-order valence-corrected chi connectivity index (χ3v) is 6.23. The van der Waals surface area contributed by atoms with Crippen LogP contribution in [0.5, 0.6) is 5.75 Å². The maximum Gasteiger partial charge on any atom is 0.240 e. The summed E-state index contributed by atoms with van der Waals surface area (Å²) in [6.45, 7) is 2.11. The molecule has 0 heterocycles. The van der Waals surface area contributed by atoms with Crippen LogP contribution in [0.15, 0.2) is 23.1 Å². The smallest absolute Gasteiger partial charge is 0.240 e. The number of rotatable bonds is 4. The summed E-state index contributed by atoms with van der Waals surface area (Å²) in [4.78, 5) is 0.271. The van der Waals surface area contributed by atoms with Crippen molar-refractivity contribution in [2.45, 2.75) is 43.5 Å². The predicted molar refractivity (Wildman–Crippen MR) is 87.5 cm³/mol. The largest absolute Gasteiger partial charge is 0.496 e. The standard InChI is InChI=1S/C14H20INO3S/c1-10-5-3-4-6-13(10)16-20(17,18)11-7-8-12(15)14(9-11)19-2/h7-10,13,16H,3-6H2,1-2H3/t10-,13+/m1/s1. The second-order valence-corrected chi connectivity index (χ2v) is 8.16. The van der Waals surface area contributed by atoms with Crippen molar-refractivity contribution in [2.24, 2.45) is 5.92 Å². The van der Waals surface area contributed by atoms with Crippen LogP contribution in [0.25, 0.3) is 0 Å². The summed E-state index contributed by atoms with van der Waals surface area (Å²) in [5.41, 5.74) is 0. The van der Waals surface area contributed by atoms with E-state index >= 15 is 0 Å². The third kappa shape index (κ3) is 3.65. The topological polar surface area (TPSA) is 55.4 Å². The van der Waals surface area contributed by atoms with Gasteiger partial charge in [-0.1, -0.05) is 19.8 Å². The van der Waals surface area contributed by atoms with Gasteiger partial charge in [0.05, 0.1) is 15.6 Å². The van der Waals surface area contributed by atoms with Crippen LogP contribution in [0.1, 0.15) is 32.6 Å². The van der Waals surface area contributed by atoms with Crippen molar-refractivity contribution in [3.63, 3.8) is 0 Å². The second kappa shape index (κ2) is 6.62. The summed E-state index contributed by atoms with van der Waals surface area (Å²) in [7, 11) is -1.93. The van der Waals surface area contributed by atoms with Crippen LogP contribution in [-0.2, 0) is 10.0 Å². The number of benzene rings is 1. The monoisotopic (exact) mass is 409 g/mol. The molecular formula is C14H20INO3S.